The Labute approximate surface area is 157 Å². The molecule has 1 aliphatic rings. The number of para-hydroxylation sites is 2. The molecule has 1 unspecified atom stereocenters. The number of hydrogen-bond acceptors (Lipinski definition) is 5. The fraction of sp³-hybridized carbons (Fsp3) is 0.286. The molecule has 6 nitrogen and oxygen atoms in total. The van der Waals surface area contributed by atoms with Crippen LogP contribution < -0.4 is 10.1 Å². The number of nitrogens with zero attached hydrogens (tertiary/aromatic N) is 2. The number of benzene rings is 2. The van der Waals surface area contributed by atoms with Crippen LogP contribution in [0.3, 0.4) is 0 Å². The van der Waals surface area contributed by atoms with Crippen LogP contribution in [0.4, 0.5) is 5.69 Å². The standard InChI is InChI=1S/C21H21N3O3/c25-21(20-13-22-18-6-1-2-7-19(18)24-20)23-15-8-10-16(11-9-15)27-14-17-5-3-4-12-26-17/h1-2,6-11,13,17H,3-5,12,14H2,(H,23,25). The van der Waals surface area contributed by atoms with Crippen LogP contribution in [-0.4, -0.2) is 35.2 Å². The maximum Gasteiger partial charge on any atom is 0.275 e. The maximum atomic E-state index is 12.4. The van der Waals surface area contributed by atoms with Gasteiger partial charge in [0.25, 0.3) is 5.91 Å². The molecule has 1 saturated heterocycles. The van der Waals surface area contributed by atoms with Gasteiger partial charge in [-0.2, -0.15) is 0 Å². The maximum absolute atomic E-state index is 12.4. The van der Waals surface area contributed by atoms with Gasteiger partial charge >= 0.3 is 0 Å². The zero-order valence-electron chi connectivity index (χ0n) is 14.9. The predicted octanol–water partition coefficient (Wildman–Crippen LogP) is 3.83. The first-order valence-corrected chi connectivity index (χ1v) is 9.15. The minimum Gasteiger partial charge on any atom is -0.491 e. The Balaban J connectivity index is 1.36. The highest BCUT2D eigenvalue weighted by atomic mass is 16.5. The Morgan fingerprint density at radius 1 is 1.11 bits per heavy atom. The minimum absolute atomic E-state index is 0.171. The third-order valence-electron chi connectivity index (χ3n) is 4.50. The molecule has 0 spiro atoms. The van der Waals surface area contributed by atoms with Gasteiger partial charge in [0, 0.05) is 12.3 Å². The highest BCUT2D eigenvalue weighted by Crippen LogP contribution is 2.19. The van der Waals surface area contributed by atoms with E-state index in [0.29, 0.717) is 17.8 Å². The number of ether oxygens (including phenoxy) is 2. The van der Waals surface area contributed by atoms with Crippen LogP contribution in [-0.2, 0) is 4.74 Å². The van der Waals surface area contributed by atoms with Gasteiger partial charge in [0.1, 0.15) is 18.1 Å². The molecule has 2 aromatic carbocycles. The van der Waals surface area contributed by atoms with Crippen LogP contribution in [0.25, 0.3) is 11.0 Å². The summed E-state index contributed by atoms with van der Waals surface area (Å²) in [5.74, 6) is 0.463. The summed E-state index contributed by atoms with van der Waals surface area (Å²) in [4.78, 5) is 21.0. The van der Waals surface area contributed by atoms with Crippen molar-refractivity contribution in [3.63, 3.8) is 0 Å². The molecule has 1 amide bonds. The number of anilines is 1. The Bertz CT molecular complexity index is 921. The first-order valence-electron chi connectivity index (χ1n) is 9.15. The SMILES string of the molecule is O=C(Nc1ccc(OCC2CCCCO2)cc1)c1cnc2ccccc2n1. The first-order chi connectivity index (χ1) is 13.3. The lowest BCUT2D eigenvalue weighted by molar-refractivity contribution is -0.0110. The second-order valence-electron chi connectivity index (χ2n) is 6.52. The van der Waals surface area contributed by atoms with E-state index >= 15 is 0 Å². The summed E-state index contributed by atoms with van der Waals surface area (Å²) in [5, 5.41) is 2.83. The van der Waals surface area contributed by atoms with Crippen LogP contribution in [0.5, 0.6) is 5.75 Å². The van der Waals surface area contributed by atoms with E-state index in [0.717, 1.165) is 30.7 Å². The van der Waals surface area contributed by atoms with Gasteiger partial charge < -0.3 is 14.8 Å². The zero-order valence-corrected chi connectivity index (χ0v) is 14.9. The molecule has 1 N–H and O–H groups in total. The van der Waals surface area contributed by atoms with Gasteiger partial charge in [0.15, 0.2) is 0 Å². The van der Waals surface area contributed by atoms with Gasteiger partial charge in [-0.05, 0) is 55.7 Å². The van der Waals surface area contributed by atoms with Gasteiger partial charge in [-0.3, -0.25) is 9.78 Å². The fourth-order valence-corrected chi connectivity index (χ4v) is 3.02. The van der Waals surface area contributed by atoms with Gasteiger partial charge in [-0.1, -0.05) is 12.1 Å². The van der Waals surface area contributed by atoms with E-state index in [1.165, 1.54) is 12.6 Å². The summed E-state index contributed by atoms with van der Waals surface area (Å²) < 4.78 is 11.4. The van der Waals surface area contributed by atoms with Crippen molar-refractivity contribution in [2.45, 2.75) is 25.4 Å². The Morgan fingerprint density at radius 3 is 2.70 bits per heavy atom. The first kappa shape index (κ1) is 17.4. The van der Waals surface area contributed by atoms with Crippen LogP contribution in [0.15, 0.2) is 54.7 Å². The Hall–Kier alpha value is -2.99. The third kappa shape index (κ3) is 4.41. The quantitative estimate of drug-likeness (QED) is 0.746. The number of rotatable bonds is 5. The second kappa shape index (κ2) is 8.14. The lowest BCUT2D eigenvalue weighted by atomic mass is 10.1. The van der Waals surface area contributed by atoms with Crippen molar-refractivity contribution in [2.75, 3.05) is 18.5 Å². The number of carbonyl (C=O) groups is 1. The minimum atomic E-state index is -0.294. The third-order valence-corrected chi connectivity index (χ3v) is 4.50. The number of aromatic nitrogens is 2. The lowest BCUT2D eigenvalue weighted by Gasteiger charge is -2.22. The smallest absolute Gasteiger partial charge is 0.275 e. The summed E-state index contributed by atoms with van der Waals surface area (Å²) in [6, 6.07) is 14.8. The average Bonchev–Trinajstić information content (AvgIpc) is 2.73. The van der Waals surface area contributed by atoms with Gasteiger partial charge in [-0.25, -0.2) is 4.98 Å². The summed E-state index contributed by atoms with van der Waals surface area (Å²) in [5.41, 5.74) is 2.41. The van der Waals surface area contributed by atoms with Crippen molar-refractivity contribution in [3.8, 4) is 5.75 Å². The van der Waals surface area contributed by atoms with E-state index in [9.17, 15) is 4.79 Å². The molecule has 1 fully saturated rings. The summed E-state index contributed by atoms with van der Waals surface area (Å²) >= 11 is 0. The molecular weight excluding hydrogens is 342 g/mol. The van der Waals surface area contributed by atoms with Crippen molar-refractivity contribution in [1.82, 2.24) is 9.97 Å². The monoisotopic (exact) mass is 363 g/mol. The van der Waals surface area contributed by atoms with Gasteiger partial charge in [-0.15, -0.1) is 0 Å². The normalized spacial score (nSPS) is 16.8. The van der Waals surface area contributed by atoms with Gasteiger partial charge in [0.05, 0.1) is 23.3 Å². The van der Waals surface area contributed by atoms with E-state index in [1.807, 2.05) is 48.5 Å². The highest BCUT2D eigenvalue weighted by molar-refractivity contribution is 6.03. The Morgan fingerprint density at radius 2 is 1.93 bits per heavy atom. The average molecular weight is 363 g/mol. The number of fused-ring (bicyclic) bond motifs is 1. The molecule has 0 radical (unpaired) electrons. The molecule has 27 heavy (non-hydrogen) atoms. The van der Waals surface area contributed by atoms with Gasteiger partial charge in [0.2, 0.25) is 0 Å². The molecule has 4 rings (SSSR count). The number of amides is 1. The van der Waals surface area contributed by atoms with Crippen molar-refractivity contribution >= 4 is 22.6 Å². The number of hydrogen-bond donors (Lipinski definition) is 1. The highest BCUT2D eigenvalue weighted by Gasteiger charge is 2.14. The molecular formula is C21H21N3O3. The van der Waals surface area contributed by atoms with E-state index in [2.05, 4.69) is 15.3 Å². The van der Waals surface area contributed by atoms with Crippen LogP contribution in [0, 0.1) is 0 Å². The lowest BCUT2D eigenvalue weighted by Crippen LogP contribution is -2.25. The number of nitrogens with one attached hydrogen (secondary N) is 1. The Kier molecular flexibility index (Phi) is 5.25. The molecule has 0 aliphatic carbocycles. The largest absolute Gasteiger partial charge is 0.491 e. The number of carbonyl (C=O) groups excluding carboxylic acids is 1. The molecule has 1 atom stereocenters. The summed E-state index contributed by atoms with van der Waals surface area (Å²) in [6.07, 6.45) is 5.02. The molecule has 2 heterocycles. The van der Waals surface area contributed by atoms with Crippen molar-refractivity contribution in [1.29, 1.82) is 0 Å². The summed E-state index contributed by atoms with van der Waals surface area (Å²) in [6.45, 7) is 1.37. The molecule has 0 bridgehead atoms. The topological polar surface area (TPSA) is 73.3 Å². The van der Waals surface area contributed by atoms with Crippen molar-refractivity contribution in [3.05, 3.63) is 60.4 Å². The second-order valence-corrected chi connectivity index (χ2v) is 6.52. The van der Waals surface area contributed by atoms with Crippen molar-refractivity contribution < 1.29 is 14.3 Å². The van der Waals surface area contributed by atoms with Crippen LogP contribution >= 0.6 is 0 Å². The summed E-state index contributed by atoms with van der Waals surface area (Å²) in [7, 11) is 0. The van der Waals surface area contributed by atoms with E-state index in [1.54, 1.807) is 0 Å². The molecule has 138 valence electrons. The molecule has 6 heteroatoms. The van der Waals surface area contributed by atoms with Crippen LogP contribution in [0.2, 0.25) is 0 Å². The van der Waals surface area contributed by atoms with E-state index < -0.39 is 0 Å². The van der Waals surface area contributed by atoms with E-state index in [4.69, 9.17) is 9.47 Å². The predicted molar refractivity (Wildman–Crippen MR) is 103 cm³/mol. The van der Waals surface area contributed by atoms with Crippen LogP contribution in [0.1, 0.15) is 29.8 Å². The molecule has 0 saturated carbocycles. The molecule has 1 aliphatic heterocycles. The zero-order chi connectivity index (χ0) is 18.5. The van der Waals surface area contributed by atoms with Crippen molar-refractivity contribution in [2.24, 2.45) is 0 Å². The molecule has 3 aromatic rings. The fourth-order valence-electron chi connectivity index (χ4n) is 3.02. The van der Waals surface area contributed by atoms with E-state index in [-0.39, 0.29) is 17.7 Å². The molecule has 1 aromatic heterocycles.